The Bertz CT molecular complexity index is 884. The molecule has 2 unspecified atom stereocenters. The topological polar surface area (TPSA) is 61.4 Å². The molecule has 1 heterocycles. The van der Waals surface area contributed by atoms with Gasteiger partial charge in [-0.05, 0) is 83.2 Å². The molecule has 148 valence electrons. The van der Waals surface area contributed by atoms with Gasteiger partial charge in [0.15, 0.2) is 5.11 Å². The van der Waals surface area contributed by atoms with Crippen LogP contribution in [-0.2, 0) is 9.59 Å². The Kier molecular flexibility index (Phi) is 4.81. The summed E-state index contributed by atoms with van der Waals surface area (Å²) in [6, 6.07) is 7.73. The van der Waals surface area contributed by atoms with Crippen LogP contribution in [0, 0.1) is 32.2 Å². The molecule has 1 saturated carbocycles. The van der Waals surface area contributed by atoms with E-state index >= 15 is 0 Å². The molecule has 1 aromatic carbocycles. The highest BCUT2D eigenvalue weighted by molar-refractivity contribution is 14.1. The summed E-state index contributed by atoms with van der Waals surface area (Å²) in [5, 5.41) is 4.45. The summed E-state index contributed by atoms with van der Waals surface area (Å²) in [7, 11) is 0. The minimum Gasteiger partial charge on any atom is -0.331 e. The van der Waals surface area contributed by atoms with Gasteiger partial charge in [-0.15, -0.1) is 0 Å². The number of imide groups is 1. The summed E-state index contributed by atoms with van der Waals surface area (Å²) < 4.78 is 1.12. The van der Waals surface area contributed by atoms with Gasteiger partial charge in [-0.3, -0.25) is 15.0 Å². The molecule has 1 aliphatic heterocycles. The highest BCUT2D eigenvalue weighted by atomic mass is 127. The average molecular weight is 509 g/mol. The van der Waals surface area contributed by atoms with Crippen LogP contribution < -0.4 is 10.7 Å². The fourth-order valence-corrected chi connectivity index (χ4v) is 5.70. The molecule has 0 radical (unpaired) electrons. The standard InChI is InChI=1S/C21H24IN3O2S/c1-12(2)21-10-8-20(3,9-11-21)15-16(21)18(27)25(17(15)26)24-19(28)23-14-6-4-13(22)5-7-14/h4-8,10,12,15-16H,9,11H2,1-3H3,(H2,23,24,28)/t15?,16?,20-,21+/m0/s1. The lowest BCUT2D eigenvalue weighted by Gasteiger charge is -2.55. The Balaban J connectivity index is 1.58. The number of nitrogens with one attached hydrogen (secondary N) is 2. The van der Waals surface area contributed by atoms with Gasteiger partial charge in [0.25, 0.3) is 11.8 Å². The Morgan fingerprint density at radius 2 is 1.79 bits per heavy atom. The summed E-state index contributed by atoms with van der Waals surface area (Å²) in [5.74, 6) is -0.689. The van der Waals surface area contributed by atoms with Gasteiger partial charge in [-0.1, -0.05) is 32.9 Å². The molecular formula is C21H24IN3O2S. The minimum atomic E-state index is -0.324. The van der Waals surface area contributed by atoms with Crippen LogP contribution in [-0.4, -0.2) is 21.9 Å². The van der Waals surface area contributed by atoms with E-state index in [0.29, 0.717) is 0 Å². The van der Waals surface area contributed by atoms with Crippen LogP contribution in [0.1, 0.15) is 33.6 Å². The maximum Gasteiger partial charge on any atom is 0.253 e. The van der Waals surface area contributed by atoms with E-state index in [9.17, 15) is 9.59 Å². The molecule has 4 aliphatic rings. The Morgan fingerprint density at radius 3 is 2.36 bits per heavy atom. The van der Waals surface area contributed by atoms with Crippen LogP contribution in [0.4, 0.5) is 5.69 Å². The molecule has 2 N–H and O–H groups in total. The number of nitrogens with zero attached hydrogens (tertiary/aromatic N) is 1. The van der Waals surface area contributed by atoms with Gasteiger partial charge in [0.05, 0.1) is 11.8 Å². The minimum absolute atomic E-state index is 0.161. The maximum absolute atomic E-state index is 13.3. The van der Waals surface area contributed by atoms with Crippen molar-refractivity contribution in [1.82, 2.24) is 10.4 Å². The highest BCUT2D eigenvalue weighted by Gasteiger charge is 2.67. The first kappa shape index (κ1) is 19.8. The summed E-state index contributed by atoms with van der Waals surface area (Å²) in [4.78, 5) is 26.6. The lowest BCUT2D eigenvalue weighted by atomic mass is 9.46. The molecule has 1 saturated heterocycles. The zero-order valence-electron chi connectivity index (χ0n) is 16.2. The molecule has 2 fully saturated rings. The molecule has 4 atom stereocenters. The lowest BCUT2D eigenvalue weighted by Crippen LogP contribution is -2.53. The molecular weight excluding hydrogens is 485 g/mol. The Morgan fingerprint density at radius 1 is 1.14 bits per heavy atom. The molecule has 7 heteroatoms. The first-order valence-electron chi connectivity index (χ1n) is 9.59. The fraction of sp³-hybridized carbons (Fsp3) is 0.476. The number of rotatable bonds is 3. The van der Waals surface area contributed by atoms with Crippen molar-refractivity contribution in [3.05, 3.63) is 40.0 Å². The van der Waals surface area contributed by atoms with Crippen molar-refractivity contribution in [1.29, 1.82) is 0 Å². The van der Waals surface area contributed by atoms with Crippen LogP contribution in [0.15, 0.2) is 36.4 Å². The van der Waals surface area contributed by atoms with E-state index in [-0.39, 0.29) is 45.5 Å². The highest BCUT2D eigenvalue weighted by Crippen LogP contribution is 2.63. The van der Waals surface area contributed by atoms with E-state index in [4.69, 9.17) is 12.2 Å². The number of carbonyl (C=O) groups is 2. The van der Waals surface area contributed by atoms with E-state index < -0.39 is 0 Å². The van der Waals surface area contributed by atoms with Crippen LogP contribution in [0.2, 0.25) is 0 Å². The van der Waals surface area contributed by atoms with Gasteiger partial charge >= 0.3 is 0 Å². The molecule has 2 bridgehead atoms. The number of fused-ring (bicyclic) bond motifs is 1. The first-order chi connectivity index (χ1) is 13.2. The van der Waals surface area contributed by atoms with E-state index in [0.717, 1.165) is 27.1 Å². The van der Waals surface area contributed by atoms with Crippen LogP contribution in [0.5, 0.6) is 0 Å². The summed E-state index contributed by atoms with van der Waals surface area (Å²) in [5.41, 5.74) is 3.15. The predicted octanol–water partition coefficient (Wildman–Crippen LogP) is 4.11. The number of halogens is 1. The Labute approximate surface area is 184 Å². The third-order valence-corrected chi connectivity index (χ3v) is 7.77. The fourth-order valence-electron chi connectivity index (χ4n) is 5.14. The normalized spacial score (nSPS) is 33.4. The van der Waals surface area contributed by atoms with Crippen molar-refractivity contribution in [2.45, 2.75) is 33.6 Å². The molecule has 0 spiro atoms. The number of hydrogen-bond acceptors (Lipinski definition) is 3. The number of allylic oxidation sites excluding steroid dienone is 2. The van der Waals surface area contributed by atoms with Gasteiger partial charge in [0.2, 0.25) is 0 Å². The Hall–Kier alpha value is -1.48. The molecule has 5 rings (SSSR count). The average Bonchev–Trinajstić information content (AvgIpc) is 2.91. The van der Waals surface area contributed by atoms with Crippen LogP contribution in [0.25, 0.3) is 0 Å². The molecule has 1 aromatic rings. The second-order valence-electron chi connectivity index (χ2n) is 8.65. The number of hydrazine groups is 1. The monoisotopic (exact) mass is 509 g/mol. The van der Waals surface area contributed by atoms with Crippen LogP contribution >= 0.6 is 34.8 Å². The third-order valence-electron chi connectivity index (χ3n) is 6.86. The van der Waals surface area contributed by atoms with Crippen LogP contribution in [0.3, 0.4) is 0 Å². The maximum atomic E-state index is 13.3. The third kappa shape index (κ3) is 2.89. The number of benzene rings is 1. The van der Waals surface area contributed by atoms with Gasteiger partial charge in [0, 0.05) is 14.7 Å². The van der Waals surface area contributed by atoms with E-state index in [1.54, 1.807) is 0 Å². The molecule has 3 aliphatic carbocycles. The van der Waals surface area contributed by atoms with E-state index in [1.807, 2.05) is 24.3 Å². The van der Waals surface area contributed by atoms with Crippen molar-refractivity contribution in [2.75, 3.05) is 5.32 Å². The van der Waals surface area contributed by atoms with Crippen molar-refractivity contribution in [2.24, 2.45) is 28.6 Å². The van der Waals surface area contributed by atoms with E-state index in [2.05, 4.69) is 66.3 Å². The van der Waals surface area contributed by atoms with Crippen molar-refractivity contribution >= 4 is 57.4 Å². The van der Waals surface area contributed by atoms with Gasteiger partial charge < -0.3 is 5.32 Å². The second-order valence-corrected chi connectivity index (χ2v) is 10.3. The first-order valence-corrected chi connectivity index (χ1v) is 11.1. The lowest BCUT2D eigenvalue weighted by molar-refractivity contribution is -0.142. The molecule has 0 aromatic heterocycles. The quantitative estimate of drug-likeness (QED) is 0.278. The molecule has 5 nitrogen and oxygen atoms in total. The zero-order valence-corrected chi connectivity index (χ0v) is 19.1. The summed E-state index contributed by atoms with van der Waals surface area (Å²) in [6.07, 6.45) is 6.26. The predicted molar refractivity (Wildman–Crippen MR) is 121 cm³/mol. The second kappa shape index (κ2) is 6.79. The molecule has 28 heavy (non-hydrogen) atoms. The van der Waals surface area contributed by atoms with Crippen molar-refractivity contribution in [3.63, 3.8) is 0 Å². The number of thiocarbonyl (C=S) groups is 1. The largest absolute Gasteiger partial charge is 0.331 e. The number of carbonyl (C=O) groups excluding carboxylic acids is 2. The molecule has 2 amide bonds. The van der Waals surface area contributed by atoms with Crippen molar-refractivity contribution < 1.29 is 9.59 Å². The SMILES string of the molecule is CC(C)[C@@]12C=C[C@@](C)(CC1)C1C(=O)N(NC(=S)Nc3ccc(I)cc3)C(=O)C12. The summed E-state index contributed by atoms with van der Waals surface area (Å²) in [6.45, 7) is 6.39. The van der Waals surface area contributed by atoms with Gasteiger partial charge in [0.1, 0.15) is 0 Å². The van der Waals surface area contributed by atoms with Gasteiger partial charge in [-0.25, -0.2) is 0 Å². The number of hydrogen-bond donors (Lipinski definition) is 2. The summed E-state index contributed by atoms with van der Waals surface area (Å²) >= 11 is 7.60. The van der Waals surface area contributed by atoms with E-state index in [1.165, 1.54) is 0 Å². The van der Waals surface area contributed by atoms with Gasteiger partial charge in [-0.2, -0.15) is 5.01 Å². The number of amides is 2. The number of anilines is 1. The van der Waals surface area contributed by atoms with Crippen molar-refractivity contribution in [3.8, 4) is 0 Å². The smallest absolute Gasteiger partial charge is 0.253 e. The zero-order chi connectivity index (χ0) is 20.3.